The number of H-pyrrole nitrogens is 1. The highest BCUT2D eigenvalue weighted by atomic mass is 19.1. The number of nitrogens with zero attached hydrogens (tertiary/aromatic N) is 2. The Morgan fingerprint density at radius 3 is 3.00 bits per heavy atom. The quantitative estimate of drug-likeness (QED) is 0.753. The molecule has 2 N–H and O–H groups in total. The van der Waals surface area contributed by atoms with E-state index in [9.17, 15) is 9.18 Å². The topological polar surface area (TPSA) is 70.7 Å². The summed E-state index contributed by atoms with van der Waals surface area (Å²) in [6.45, 7) is 1.80. The highest BCUT2D eigenvalue weighted by Crippen LogP contribution is 2.08. The molecule has 16 heavy (non-hydrogen) atoms. The van der Waals surface area contributed by atoms with Crippen LogP contribution in [0.3, 0.4) is 0 Å². The van der Waals surface area contributed by atoms with Gasteiger partial charge in [0, 0.05) is 18.0 Å². The molecule has 0 aromatic carbocycles. The van der Waals surface area contributed by atoms with E-state index >= 15 is 0 Å². The molecule has 0 spiro atoms. The van der Waals surface area contributed by atoms with E-state index in [4.69, 9.17) is 0 Å². The van der Waals surface area contributed by atoms with E-state index in [0.29, 0.717) is 5.82 Å². The van der Waals surface area contributed by atoms with Gasteiger partial charge in [-0.3, -0.25) is 9.89 Å². The molecule has 2 rings (SSSR count). The zero-order valence-electron chi connectivity index (χ0n) is 8.49. The Labute approximate surface area is 90.7 Å². The third kappa shape index (κ3) is 2.05. The predicted octanol–water partition coefficient (Wildman–Crippen LogP) is 1.50. The van der Waals surface area contributed by atoms with Crippen LogP contribution >= 0.6 is 0 Å². The monoisotopic (exact) mass is 220 g/mol. The van der Waals surface area contributed by atoms with Crippen molar-refractivity contribution in [1.82, 2.24) is 15.2 Å². The van der Waals surface area contributed by atoms with Gasteiger partial charge in [0.25, 0.3) is 5.91 Å². The average Bonchev–Trinajstić information content (AvgIpc) is 2.64. The number of anilines is 1. The minimum Gasteiger partial charge on any atom is -0.305 e. The van der Waals surface area contributed by atoms with Gasteiger partial charge in [-0.1, -0.05) is 0 Å². The number of hydrogen-bond acceptors (Lipinski definition) is 3. The first-order valence-electron chi connectivity index (χ1n) is 4.60. The smallest absolute Gasteiger partial charge is 0.261 e. The third-order valence-corrected chi connectivity index (χ3v) is 1.95. The third-order valence-electron chi connectivity index (χ3n) is 1.95. The molecular formula is C10H9FN4O. The molecule has 0 aliphatic rings. The van der Waals surface area contributed by atoms with Crippen molar-refractivity contribution >= 4 is 11.7 Å². The molecule has 2 aromatic heterocycles. The van der Waals surface area contributed by atoms with Crippen LogP contribution in [0.25, 0.3) is 0 Å². The maximum absolute atomic E-state index is 13.1. The SMILES string of the molecule is Cc1cc(NC(=O)c2cccnc2F)n[nH]1. The van der Waals surface area contributed by atoms with Gasteiger partial charge in [-0.2, -0.15) is 9.49 Å². The minimum atomic E-state index is -0.799. The van der Waals surface area contributed by atoms with E-state index in [1.807, 2.05) is 0 Å². The standard InChI is InChI=1S/C10H9FN4O/c1-6-5-8(15-14-6)13-10(16)7-3-2-4-12-9(7)11/h2-5H,1H3,(H2,13,14,15,16). The van der Waals surface area contributed by atoms with Crippen molar-refractivity contribution in [1.29, 1.82) is 0 Å². The van der Waals surface area contributed by atoms with Gasteiger partial charge in [0.05, 0.1) is 5.56 Å². The van der Waals surface area contributed by atoms with Gasteiger partial charge in [-0.15, -0.1) is 0 Å². The number of aryl methyl sites for hydroxylation is 1. The second-order valence-corrected chi connectivity index (χ2v) is 3.23. The second kappa shape index (κ2) is 4.09. The Kier molecular flexibility index (Phi) is 2.63. The molecule has 82 valence electrons. The summed E-state index contributed by atoms with van der Waals surface area (Å²) in [4.78, 5) is 15.0. The molecule has 1 amide bonds. The normalized spacial score (nSPS) is 10.1. The van der Waals surface area contributed by atoms with Crippen LogP contribution in [0.1, 0.15) is 16.1 Å². The van der Waals surface area contributed by atoms with Gasteiger partial charge in [0.1, 0.15) is 0 Å². The maximum atomic E-state index is 13.1. The summed E-state index contributed by atoms with van der Waals surface area (Å²) in [6.07, 6.45) is 1.28. The minimum absolute atomic E-state index is 0.108. The molecule has 0 atom stereocenters. The van der Waals surface area contributed by atoms with E-state index in [2.05, 4.69) is 20.5 Å². The summed E-state index contributed by atoms with van der Waals surface area (Å²) in [5.74, 6) is -1.02. The number of carbonyl (C=O) groups excluding carboxylic acids is 1. The second-order valence-electron chi connectivity index (χ2n) is 3.23. The van der Waals surface area contributed by atoms with Gasteiger partial charge in [-0.25, -0.2) is 4.98 Å². The molecule has 0 aliphatic carbocycles. The zero-order chi connectivity index (χ0) is 11.5. The van der Waals surface area contributed by atoms with Crippen molar-refractivity contribution in [2.24, 2.45) is 0 Å². The molecule has 0 bridgehead atoms. The Balaban J connectivity index is 2.18. The fraction of sp³-hybridized carbons (Fsp3) is 0.100. The molecule has 2 aromatic rings. The fourth-order valence-corrected chi connectivity index (χ4v) is 1.22. The summed E-state index contributed by atoms with van der Waals surface area (Å²) in [7, 11) is 0. The van der Waals surface area contributed by atoms with Crippen LogP contribution in [0.15, 0.2) is 24.4 Å². The summed E-state index contributed by atoms with van der Waals surface area (Å²) < 4.78 is 13.1. The van der Waals surface area contributed by atoms with Gasteiger partial charge in [0.15, 0.2) is 5.82 Å². The Morgan fingerprint density at radius 1 is 1.56 bits per heavy atom. The molecule has 0 saturated carbocycles. The summed E-state index contributed by atoms with van der Waals surface area (Å²) in [5, 5.41) is 8.94. The van der Waals surface area contributed by atoms with Gasteiger partial charge >= 0.3 is 0 Å². The number of halogens is 1. The van der Waals surface area contributed by atoms with Crippen molar-refractivity contribution in [2.75, 3.05) is 5.32 Å². The van der Waals surface area contributed by atoms with Gasteiger partial charge in [0.2, 0.25) is 5.95 Å². The largest absolute Gasteiger partial charge is 0.305 e. The number of hydrogen-bond donors (Lipinski definition) is 2. The lowest BCUT2D eigenvalue weighted by Gasteiger charge is -2.01. The fourth-order valence-electron chi connectivity index (χ4n) is 1.22. The number of carbonyl (C=O) groups is 1. The Hall–Kier alpha value is -2.24. The van der Waals surface area contributed by atoms with Crippen LogP contribution in [0.4, 0.5) is 10.2 Å². The number of nitrogens with one attached hydrogen (secondary N) is 2. The summed E-state index contributed by atoms with van der Waals surface area (Å²) in [6, 6.07) is 4.50. The van der Waals surface area contributed by atoms with E-state index in [1.54, 1.807) is 13.0 Å². The molecule has 0 aliphatic heterocycles. The van der Waals surface area contributed by atoms with Crippen molar-refractivity contribution in [2.45, 2.75) is 6.92 Å². The Bertz CT molecular complexity index is 523. The van der Waals surface area contributed by atoms with Crippen molar-refractivity contribution in [3.63, 3.8) is 0 Å². The Morgan fingerprint density at radius 2 is 2.38 bits per heavy atom. The van der Waals surface area contributed by atoms with Crippen LogP contribution in [-0.2, 0) is 0 Å². The van der Waals surface area contributed by atoms with E-state index in [0.717, 1.165) is 5.69 Å². The van der Waals surface area contributed by atoms with Crippen LogP contribution in [0, 0.1) is 12.9 Å². The average molecular weight is 220 g/mol. The van der Waals surface area contributed by atoms with Gasteiger partial charge < -0.3 is 5.32 Å². The molecular weight excluding hydrogens is 211 g/mol. The highest BCUT2D eigenvalue weighted by molar-refractivity contribution is 6.03. The molecule has 0 fully saturated rings. The lowest BCUT2D eigenvalue weighted by atomic mass is 10.2. The summed E-state index contributed by atoms with van der Waals surface area (Å²) in [5.41, 5.74) is 0.699. The van der Waals surface area contributed by atoms with Crippen LogP contribution in [0.2, 0.25) is 0 Å². The first-order valence-corrected chi connectivity index (χ1v) is 4.60. The molecule has 2 heterocycles. The van der Waals surface area contributed by atoms with E-state index in [1.165, 1.54) is 18.3 Å². The lowest BCUT2D eigenvalue weighted by molar-refractivity contribution is 0.102. The molecule has 5 nitrogen and oxygen atoms in total. The summed E-state index contributed by atoms with van der Waals surface area (Å²) >= 11 is 0. The van der Waals surface area contributed by atoms with E-state index < -0.39 is 11.9 Å². The van der Waals surface area contributed by atoms with Crippen LogP contribution < -0.4 is 5.32 Å². The predicted molar refractivity (Wildman–Crippen MR) is 55.5 cm³/mol. The first-order chi connectivity index (χ1) is 7.66. The van der Waals surface area contributed by atoms with E-state index in [-0.39, 0.29) is 5.56 Å². The highest BCUT2D eigenvalue weighted by Gasteiger charge is 2.12. The van der Waals surface area contributed by atoms with Crippen molar-refractivity contribution in [3.05, 3.63) is 41.6 Å². The zero-order valence-corrected chi connectivity index (χ0v) is 8.49. The molecule has 0 saturated heterocycles. The number of aromatic amines is 1. The number of aromatic nitrogens is 3. The van der Waals surface area contributed by atoms with Gasteiger partial charge in [-0.05, 0) is 19.1 Å². The lowest BCUT2D eigenvalue weighted by Crippen LogP contribution is -2.14. The van der Waals surface area contributed by atoms with Crippen LogP contribution in [-0.4, -0.2) is 21.1 Å². The first kappa shape index (κ1) is 10.3. The number of amides is 1. The molecule has 6 heteroatoms. The van der Waals surface area contributed by atoms with Crippen molar-refractivity contribution in [3.8, 4) is 0 Å². The number of pyridine rings is 1. The number of rotatable bonds is 2. The molecule has 0 unspecified atom stereocenters. The van der Waals surface area contributed by atoms with Crippen molar-refractivity contribution < 1.29 is 9.18 Å². The van der Waals surface area contributed by atoms with Crippen LogP contribution in [0.5, 0.6) is 0 Å². The molecule has 0 radical (unpaired) electrons. The maximum Gasteiger partial charge on any atom is 0.261 e.